The zero-order chi connectivity index (χ0) is 18.5. The van der Waals surface area contributed by atoms with Crippen LogP contribution in [-0.4, -0.2) is 35.9 Å². The number of hydrogen-bond acceptors (Lipinski definition) is 5. The molecule has 0 aliphatic carbocycles. The van der Waals surface area contributed by atoms with Crippen molar-refractivity contribution < 1.29 is 14.5 Å². The molecule has 1 N–H and O–H groups in total. The van der Waals surface area contributed by atoms with E-state index in [-0.39, 0.29) is 17.9 Å². The van der Waals surface area contributed by atoms with Crippen LogP contribution in [-0.2, 0) is 16.0 Å². The van der Waals surface area contributed by atoms with Crippen LogP contribution < -0.4 is 5.32 Å². The molecule has 0 spiro atoms. The number of ether oxygens (including phenoxy) is 1. The standard InChI is InChI=1S/C19H19BrN2O4/c20-15-8-6-14(7-9-15)19-18(21-11-16(12-23)26-19)17(22(24)25)10-13-4-2-1-3-5-13/h1-9,12,16-19,21H,10-11H2/t16-,17?,18-,19+/m1/s1. The normalized spacial score (nSPS) is 24.0. The van der Waals surface area contributed by atoms with Gasteiger partial charge in [-0.05, 0) is 23.3 Å². The second-order valence-corrected chi connectivity index (χ2v) is 7.17. The molecule has 1 saturated heterocycles. The van der Waals surface area contributed by atoms with E-state index >= 15 is 0 Å². The smallest absolute Gasteiger partial charge is 0.235 e. The van der Waals surface area contributed by atoms with E-state index in [2.05, 4.69) is 21.2 Å². The lowest BCUT2D eigenvalue weighted by molar-refractivity contribution is -0.530. The minimum absolute atomic E-state index is 0.263. The van der Waals surface area contributed by atoms with Crippen molar-refractivity contribution in [1.82, 2.24) is 5.32 Å². The summed E-state index contributed by atoms with van der Waals surface area (Å²) in [7, 11) is 0. The molecule has 1 unspecified atom stereocenters. The van der Waals surface area contributed by atoms with Crippen molar-refractivity contribution in [3.8, 4) is 0 Å². The fourth-order valence-corrected chi connectivity index (χ4v) is 3.49. The van der Waals surface area contributed by atoms with E-state index in [1.165, 1.54) is 0 Å². The van der Waals surface area contributed by atoms with Crippen LogP contribution in [0.25, 0.3) is 0 Å². The summed E-state index contributed by atoms with van der Waals surface area (Å²) in [6.07, 6.45) is -0.184. The largest absolute Gasteiger partial charge is 0.360 e. The molecule has 136 valence electrons. The molecule has 0 amide bonds. The molecule has 7 heteroatoms. The number of nitro groups is 1. The van der Waals surface area contributed by atoms with Gasteiger partial charge >= 0.3 is 0 Å². The predicted octanol–water partition coefficient (Wildman–Crippen LogP) is 2.93. The van der Waals surface area contributed by atoms with Gasteiger partial charge < -0.3 is 14.8 Å². The van der Waals surface area contributed by atoms with Gasteiger partial charge in [0.15, 0.2) is 0 Å². The van der Waals surface area contributed by atoms with Crippen LogP contribution in [0, 0.1) is 10.1 Å². The molecule has 1 heterocycles. The van der Waals surface area contributed by atoms with Crippen LogP contribution in [0.5, 0.6) is 0 Å². The first-order valence-corrected chi connectivity index (χ1v) is 9.15. The molecule has 3 rings (SSSR count). The minimum atomic E-state index is -0.876. The monoisotopic (exact) mass is 418 g/mol. The first-order valence-electron chi connectivity index (χ1n) is 8.35. The number of nitrogens with zero attached hydrogens (tertiary/aromatic N) is 1. The highest BCUT2D eigenvalue weighted by Gasteiger charge is 2.42. The Morgan fingerprint density at radius 2 is 1.92 bits per heavy atom. The molecule has 1 fully saturated rings. The highest BCUT2D eigenvalue weighted by atomic mass is 79.9. The summed E-state index contributed by atoms with van der Waals surface area (Å²) in [6.45, 7) is 0.264. The van der Waals surface area contributed by atoms with Gasteiger partial charge in [-0.1, -0.05) is 58.4 Å². The molecule has 0 bridgehead atoms. The highest BCUT2D eigenvalue weighted by Crippen LogP contribution is 2.30. The lowest BCUT2D eigenvalue weighted by atomic mass is 9.90. The molecule has 2 aromatic carbocycles. The second kappa shape index (κ2) is 8.53. The Morgan fingerprint density at radius 3 is 2.54 bits per heavy atom. The third-order valence-corrected chi connectivity index (χ3v) is 5.05. The molecular formula is C19H19BrN2O4. The van der Waals surface area contributed by atoms with Gasteiger partial charge in [0.1, 0.15) is 24.5 Å². The van der Waals surface area contributed by atoms with Crippen molar-refractivity contribution in [2.75, 3.05) is 6.54 Å². The predicted molar refractivity (Wildman–Crippen MR) is 101 cm³/mol. The second-order valence-electron chi connectivity index (χ2n) is 6.26. The van der Waals surface area contributed by atoms with E-state index < -0.39 is 24.3 Å². The Morgan fingerprint density at radius 1 is 1.23 bits per heavy atom. The summed E-state index contributed by atoms with van der Waals surface area (Å²) < 4.78 is 6.80. The fraction of sp³-hybridized carbons (Fsp3) is 0.316. The van der Waals surface area contributed by atoms with Gasteiger partial charge in [0, 0.05) is 22.4 Å². The van der Waals surface area contributed by atoms with E-state index in [9.17, 15) is 14.9 Å². The van der Waals surface area contributed by atoms with Crippen LogP contribution >= 0.6 is 15.9 Å². The van der Waals surface area contributed by atoms with Gasteiger partial charge in [-0.25, -0.2) is 0 Å². The average Bonchev–Trinajstić information content (AvgIpc) is 2.67. The van der Waals surface area contributed by atoms with Crippen LogP contribution in [0.3, 0.4) is 0 Å². The van der Waals surface area contributed by atoms with Gasteiger partial charge in [-0.3, -0.25) is 10.1 Å². The molecule has 26 heavy (non-hydrogen) atoms. The van der Waals surface area contributed by atoms with Crippen molar-refractivity contribution in [3.63, 3.8) is 0 Å². The number of aldehydes is 1. The van der Waals surface area contributed by atoms with Gasteiger partial charge in [0.25, 0.3) is 0 Å². The number of benzene rings is 2. The minimum Gasteiger partial charge on any atom is -0.360 e. The number of carbonyl (C=O) groups excluding carboxylic acids is 1. The topological polar surface area (TPSA) is 81.5 Å². The molecule has 1 aliphatic heterocycles. The first-order chi connectivity index (χ1) is 12.6. The maximum Gasteiger partial charge on any atom is 0.235 e. The summed E-state index contributed by atoms with van der Waals surface area (Å²) in [5, 5.41) is 15.0. The highest BCUT2D eigenvalue weighted by molar-refractivity contribution is 9.10. The molecule has 0 radical (unpaired) electrons. The Labute approximate surface area is 159 Å². The molecule has 0 saturated carbocycles. The summed E-state index contributed by atoms with van der Waals surface area (Å²) >= 11 is 3.39. The van der Waals surface area contributed by atoms with Gasteiger partial charge in [-0.2, -0.15) is 0 Å². The number of carbonyl (C=O) groups is 1. The number of nitrogens with one attached hydrogen (secondary N) is 1. The van der Waals surface area contributed by atoms with Crippen molar-refractivity contribution >= 4 is 22.2 Å². The van der Waals surface area contributed by atoms with Crippen molar-refractivity contribution in [2.45, 2.75) is 30.7 Å². The first kappa shape index (κ1) is 18.7. The Bertz CT molecular complexity index is 754. The maximum absolute atomic E-state index is 11.8. The quantitative estimate of drug-likeness (QED) is 0.443. The van der Waals surface area contributed by atoms with Crippen molar-refractivity contribution in [3.05, 3.63) is 80.3 Å². The third kappa shape index (κ3) is 4.35. The number of hydrogen-bond donors (Lipinski definition) is 1. The van der Waals surface area contributed by atoms with E-state index in [0.717, 1.165) is 21.9 Å². The number of rotatable bonds is 6. The van der Waals surface area contributed by atoms with E-state index in [1.807, 2.05) is 54.6 Å². The molecule has 0 aromatic heterocycles. The summed E-state index contributed by atoms with van der Waals surface area (Å²) in [6, 6.07) is 15.4. The van der Waals surface area contributed by atoms with E-state index in [4.69, 9.17) is 4.74 Å². The summed E-state index contributed by atoms with van der Waals surface area (Å²) in [4.78, 5) is 22.7. The Kier molecular flexibility index (Phi) is 6.13. The van der Waals surface area contributed by atoms with Crippen LogP contribution in [0.2, 0.25) is 0 Å². The number of halogens is 1. The maximum atomic E-state index is 11.8. The zero-order valence-electron chi connectivity index (χ0n) is 14.0. The lowest BCUT2D eigenvalue weighted by Crippen LogP contribution is -2.56. The Hall–Kier alpha value is -2.09. The summed E-state index contributed by atoms with van der Waals surface area (Å²) in [5.41, 5.74) is 1.69. The number of morpholine rings is 1. The van der Waals surface area contributed by atoms with Crippen LogP contribution in [0.15, 0.2) is 59.1 Å². The zero-order valence-corrected chi connectivity index (χ0v) is 15.5. The van der Waals surface area contributed by atoms with E-state index in [1.54, 1.807) is 0 Å². The molecule has 4 atom stereocenters. The lowest BCUT2D eigenvalue weighted by Gasteiger charge is -2.37. The van der Waals surface area contributed by atoms with Crippen LogP contribution in [0.4, 0.5) is 0 Å². The van der Waals surface area contributed by atoms with Crippen molar-refractivity contribution in [2.24, 2.45) is 0 Å². The molecule has 2 aromatic rings. The average molecular weight is 419 g/mol. The molecular weight excluding hydrogens is 400 g/mol. The SMILES string of the molecule is O=C[C@H]1CN[C@H](C(Cc2ccccc2)[N+](=O)[O-])[C@H](c2ccc(Br)cc2)O1. The third-order valence-electron chi connectivity index (χ3n) is 4.53. The van der Waals surface area contributed by atoms with Gasteiger partial charge in [-0.15, -0.1) is 0 Å². The molecule has 1 aliphatic rings. The van der Waals surface area contributed by atoms with Crippen molar-refractivity contribution in [1.29, 1.82) is 0 Å². The summed E-state index contributed by atoms with van der Waals surface area (Å²) in [5.74, 6) is 0. The van der Waals surface area contributed by atoms with Gasteiger partial charge in [0.2, 0.25) is 6.04 Å². The fourth-order valence-electron chi connectivity index (χ4n) is 3.22. The van der Waals surface area contributed by atoms with Gasteiger partial charge in [0.05, 0.1) is 0 Å². The van der Waals surface area contributed by atoms with E-state index in [0.29, 0.717) is 0 Å². The molecule has 6 nitrogen and oxygen atoms in total. The Balaban J connectivity index is 1.90. The van der Waals surface area contributed by atoms with Crippen LogP contribution in [0.1, 0.15) is 17.2 Å².